The SMILES string of the molecule is CCC(C)NC(=O)C1CSCN1S(=O)(=O)c1ccc(Cl)cc1[N+](=O)[O-]. The van der Waals surface area contributed by atoms with Gasteiger partial charge >= 0.3 is 0 Å². The van der Waals surface area contributed by atoms with E-state index in [1.54, 1.807) is 0 Å². The number of amides is 1. The first-order valence-electron chi connectivity index (χ1n) is 7.52. The maximum atomic E-state index is 12.9. The van der Waals surface area contributed by atoms with Crippen molar-refractivity contribution in [3.05, 3.63) is 33.3 Å². The van der Waals surface area contributed by atoms with Crippen molar-refractivity contribution in [1.29, 1.82) is 0 Å². The van der Waals surface area contributed by atoms with Crippen LogP contribution in [-0.2, 0) is 14.8 Å². The van der Waals surface area contributed by atoms with Gasteiger partial charge in [0.1, 0.15) is 6.04 Å². The van der Waals surface area contributed by atoms with E-state index in [9.17, 15) is 23.3 Å². The van der Waals surface area contributed by atoms with Crippen molar-refractivity contribution in [3.63, 3.8) is 0 Å². The third kappa shape index (κ3) is 4.25. The molecule has 1 aromatic rings. The fourth-order valence-electron chi connectivity index (χ4n) is 2.29. The molecule has 1 fully saturated rings. The van der Waals surface area contributed by atoms with Crippen molar-refractivity contribution in [2.24, 2.45) is 0 Å². The van der Waals surface area contributed by atoms with E-state index >= 15 is 0 Å². The molecule has 0 radical (unpaired) electrons. The number of rotatable bonds is 6. The lowest BCUT2D eigenvalue weighted by Gasteiger charge is -2.24. The molecule has 0 aromatic heterocycles. The molecule has 1 amide bonds. The van der Waals surface area contributed by atoms with E-state index in [1.165, 1.54) is 17.8 Å². The summed E-state index contributed by atoms with van der Waals surface area (Å²) in [5, 5.41) is 14.0. The van der Waals surface area contributed by atoms with Crippen LogP contribution < -0.4 is 5.32 Å². The zero-order chi connectivity index (χ0) is 18.8. The normalized spacial score (nSPS) is 19.6. The van der Waals surface area contributed by atoms with Crippen LogP contribution in [0.3, 0.4) is 0 Å². The Hall–Kier alpha value is -1.36. The Morgan fingerprint density at radius 2 is 2.24 bits per heavy atom. The highest BCUT2D eigenvalue weighted by Crippen LogP contribution is 2.34. The van der Waals surface area contributed by atoms with Gasteiger partial charge in [0.2, 0.25) is 5.91 Å². The quantitative estimate of drug-likeness (QED) is 0.572. The molecule has 0 bridgehead atoms. The Bertz CT molecular complexity index is 787. The number of carbonyl (C=O) groups excluding carboxylic acids is 1. The van der Waals surface area contributed by atoms with E-state index in [0.717, 1.165) is 16.4 Å². The zero-order valence-electron chi connectivity index (χ0n) is 13.6. The topological polar surface area (TPSA) is 110 Å². The Morgan fingerprint density at radius 1 is 1.56 bits per heavy atom. The average molecular weight is 408 g/mol. The summed E-state index contributed by atoms with van der Waals surface area (Å²) in [5.41, 5.74) is -0.606. The van der Waals surface area contributed by atoms with Gasteiger partial charge in [0.05, 0.1) is 10.8 Å². The highest BCUT2D eigenvalue weighted by atomic mass is 35.5. The van der Waals surface area contributed by atoms with Crippen LogP contribution in [0.2, 0.25) is 5.02 Å². The number of benzene rings is 1. The lowest BCUT2D eigenvalue weighted by Crippen LogP contribution is -2.49. The zero-order valence-corrected chi connectivity index (χ0v) is 16.0. The maximum Gasteiger partial charge on any atom is 0.290 e. The van der Waals surface area contributed by atoms with Gasteiger partial charge < -0.3 is 5.32 Å². The number of carbonyl (C=O) groups is 1. The minimum Gasteiger partial charge on any atom is -0.352 e. The molecule has 11 heteroatoms. The first kappa shape index (κ1) is 20.0. The van der Waals surface area contributed by atoms with Crippen LogP contribution in [-0.4, -0.2) is 47.3 Å². The molecule has 1 saturated heterocycles. The summed E-state index contributed by atoms with van der Waals surface area (Å²) in [6.45, 7) is 3.72. The smallest absolute Gasteiger partial charge is 0.290 e. The predicted octanol–water partition coefficient (Wildman–Crippen LogP) is 2.23. The van der Waals surface area contributed by atoms with Crippen LogP contribution in [0.1, 0.15) is 20.3 Å². The van der Waals surface area contributed by atoms with Crippen LogP contribution in [0.4, 0.5) is 5.69 Å². The summed E-state index contributed by atoms with van der Waals surface area (Å²) < 4.78 is 26.9. The van der Waals surface area contributed by atoms with Gasteiger partial charge in [-0.15, -0.1) is 11.8 Å². The Morgan fingerprint density at radius 3 is 2.84 bits per heavy atom. The van der Waals surface area contributed by atoms with Crippen LogP contribution in [0.5, 0.6) is 0 Å². The number of nitrogens with one attached hydrogen (secondary N) is 1. The Balaban J connectivity index is 2.39. The second-order valence-electron chi connectivity index (χ2n) is 5.59. The highest BCUT2D eigenvalue weighted by Gasteiger charge is 2.42. The predicted molar refractivity (Wildman–Crippen MR) is 96.1 cm³/mol. The van der Waals surface area contributed by atoms with Gasteiger partial charge in [-0.05, 0) is 25.5 Å². The van der Waals surface area contributed by atoms with Gasteiger partial charge in [0.25, 0.3) is 15.7 Å². The molecule has 0 saturated carbocycles. The Kier molecular flexibility index (Phi) is 6.30. The summed E-state index contributed by atoms with van der Waals surface area (Å²) in [4.78, 5) is 22.3. The number of nitro groups is 1. The van der Waals surface area contributed by atoms with E-state index in [1.807, 2.05) is 13.8 Å². The van der Waals surface area contributed by atoms with Crippen molar-refractivity contribution in [3.8, 4) is 0 Å². The minimum absolute atomic E-state index is 0.0563. The number of nitrogens with zero attached hydrogens (tertiary/aromatic N) is 2. The molecule has 138 valence electrons. The lowest BCUT2D eigenvalue weighted by atomic mass is 10.2. The first-order chi connectivity index (χ1) is 11.7. The standard InChI is InChI=1S/C14H18ClN3O5S2/c1-3-9(2)16-14(19)12-7-24-8-17(12)25(22,23)13-5-4-10(15)6-11(13)18(20)21/h4-6,9,12H,3,7-8H2,1-2H3,(H,16,19). The molecular formula is C14H18ClN3O5S2. The Labute approximate surface area is 155 Å². The average Bonchev–Trinajstić information content (AvgIpc) is 3.04. The van der Waals surface area contributed by atoms with Gasteiger partial charge in [0.15, 0.2) is 4.90 Å². The van der Waals surface area contributed by atoms with Crippen molar-refractivity contribution in [2.75, 3.05) is 11.6 Å². The molecular weight excluding hydrogens is 390 g/mol. The van der Waals surface area contributed by atoms with Crippen molar-refractivity contribution in [1.82, 2.24) is 9.62 Å². The molecule has 1 aliphatic heterocycles. The van der Waals surface area contributed by atoms with Crippen LogP contribution in [0.15, 0.2) is 23.1 Å². The summed E-state index contributed by atoms with van der Waals surface area (Å²) in [6.07, 6.45) is 0.709. The number of hydrogen-bond acceptors (Lipinski definition) is 6. The number of thioether (sulfide) groups is 1. The van der Waals surface area contributed by atoms with Gasteiger partial charge in [0, 0.05) is 22.9 Å². The monoisotopic (exact) mass is 407 g/mol. The van der Waals surface area contributed by atoms with E-state index < -0.39 is 37.5 Å². The minimum atomic E-state index is -4.22. The summed E-state index contributed by atoms with van der Waals surface area (Å²) in [6, 6.07) is 2.37. The van der Waals surface area contributed by atoms with Gasteiger partial charge in [-0.2, -0.15) is 4.31 Å². The molecule has 2 rings (SSSR count). The number of hydrogen-bond donors (Lipinski definition) is 1. The van der Waals surface area contributed by atoms with Crippen LogP contribution in [0.25, 0.3) is 0 Å². The van der Waals surface area contributed by atoms with Crippen molar-refractivity contribution in [2.45, 2.75) is 37.2 Å². The molecule has 1 aliphatic rings. The number of halogens is 1. The van der Waals surface area contributed by atoms with Gasteiger partial charge in [-0.1, -0.05) is 18.5 Å². The third-order valence-corrected chi connectivity index (χ3v) is 7.16. The van der Waals surface area contributed by atoms with Gasteiger partial charge in [-0.3, -0.25) is 14.9 Å². The second kappa shape index (κ2) is 7.90. The molecule has 1 N–H and O–H groups in total. The van der Waals surface area contributed by atoms with E-state index in [-0.39, 0.29) is 16.9 Å². The fourth-order valence-corrected chi connectivity index (χ4v) is 5.74. The summed E-state index contributed by atoms with van der Waals surface area (Å²) in [7, 11) is -4.22. The highest BCUT2D eigenvalue weighted by molar-refractivity contribution is 8.00. The van der Waals surface area contributed by atoms with E-state index in [4.69, 9.17) is 11.6 Å². The maximum absolute atomic E-state index is 12.9. The van der Waals surface area contributed by atoms with Crippen LogP contribution in [0, 0.1) is 10.1 Å². The fraction of sp³-hybridized carbons (Fsp3) is 0.500. The molecule has 0 aliphatic carbocycles. The van der Waals surface area contributed by atoms with Gasteiger partial charge in [-0.25, -0.2) is 8.42 Å². The molecule has 1 heterocycles. The summed E-state index contributed by atoms with van der Waals surface area (Å²) in [5.74, 6) is -0.0524. The summed E-state index contributed by atoms with van der Waals surface area (Å²) >= 11 is 7.02. The van der Waals surface area contributed by atoms with E-state index in [0.29, 0.717) is 12.2 Å². The second-order valence-corrected chi connectivity index (χ2v) is 8.89. The molecule has 25 heavy (non-hydrogen) atoms. The van der Waals surface area contributed by atoms with E-state index in [2.05, 4.69) is 5.32 Å². The van der Waals surface area contributed by atoms with Crippen molar-refractivity contribution < 1.29 is 18.1 Å². The number of sulfonamides is 1. The molecule has 2 unspecified atom stereocenters. The largest absolute Gasteiger partial charge is 0.352 e. The molecule has 8 nitrogen and oxygen atoms in total. The molecule has 0 spiro atoms. The van der Waals surface area contributed by atoms with Crippen LogP contribution >= 0.6 is 23.4 Å². The molecule has 2 atom stereocenters. The van der Waals surface area contributed by atoms with Crippen molar-refractivity contribution >= 4 is 45.0 Å². The lowest BCUT2D eigenvalue weighted by molar-refractivity contribution is -0.387. The molecule has 1 aromatic carbocycles. The number of nitro benzene ring substituents is 1. The third-order valence-electron chi connectivity index (χ3n) is 3.85. The first-order valence-corrected chi connectivity index (χ1v) is 10.5.